The van der Waals surface area contributed by atoms with Gasteiger partial charge in [0, 0.05) is 43.0 Å². The molecule has 0 aliphatic carbocycles. The third-order valence-corrected chi connectivity index (χ3v) is 6.68. The Hall–Kier alpha value is -1.59. The van der Waals surface area contributed by atoms with Crippen LogP contribution in [0.4, 0.5) is 0 Å². The van der Waals surface area contributed by atoms with E-state index in [4.69, 9.17) is 11.6 Å². The van der Waals surface area contributed by atoms with Crippen molar-refractivity contribution < 1.29 is 9.59 Å². The van der Waals surface area contributed by atoms with Crippen LogP contribution in [0.2, 0.25) is 5.02 Å². The summed E-state index contributed by atoms with van der Waals surface area (Å²) in [6, 6.07) is 7.72. The minimum absolute atomic E-state index is 0.0495. The second-order valence-electron chi connectivity index (χ2n) is 8.42. The highest BCUT2D eigenvalue weighted by Gasteiger charge is 2.45. The van der Waals surface area contributed by atoms with Gasteiger partial charge in [0.25, 0.3) is 0 Å². The Labute approximate surface area is 166 Å². The molecule has 0 saturated carbocycles. The average Bonchev–Trinajstić information content (AvgIpc) is 3.26. The van der Waals surface area contributed by atoms with Crippen LogP contribution in [-0.4, -0.2) is 65.8 Å². The summed E-state index contributed by atoms with van der Waals surface area (Å²) >= 11 is 5.95. The van der Waals surface area contributed by atoms with Crippen LogP contribution in [0.5, 0.6) is 0 Å². The number of halogens is 1. The fourth-order valence-corrected chi connectivity index (χ4v) is 4.86. The standard InChI is InChI=1S/C21H28ClN3O2/c22-18-5-3-17(4-6-18)14-25-16-21(13-19(25)26)7-11-24(12-8-21)20(27)15-23-9-1-2-10-23/h3-6H,1-2,7-16H2. The van der Waals surface area contributed by atoms with Crippen LogP contribution in [0.25, 0.3) is 0 Å². The number of rotatable bonds is 4. The monoisotopic (exact) mass is 389 g/mol. The summed E-state index contributed by atoms with van der Waals surface area (Å²) in [5, 5.41) is 0.717. The van der Waals surface area contributed by atoms with Gasteiger partial charge in [-0.25, -0.2) is 0 Å². The summed E-state index contributed by atoms with van der Waals surface area (Å²) in [4.78, 5) is 31.4. The summed E-state index contributed by atoms with van der Waals surface area (Å²) in [6.45, 7) is 5.70. The minimum Gasteiger partial charge on any atom is -0.342 e. The number of hydrogen-bond acceptors (Lipinski definition) is 3. The zero-order valence-electron chi connectivity index (χ0n) is 15.8. The Morgan fingerprint density at radius 1 is 1.04 bits per heavy atom. The lowest BCUT2D eigenvalue weighted by atomic mass is 9.77. The molecular weight excluding hydrogens is 362 g/mol. The van der Waals surface area contributed by atoms with Gasteiger partial charge in [-0.1, -0.05) is 23.7 Å². The van der Waals surface area contributed by atoms with Gasteiger partial charge in [0.2, 0.25) is 11.8 Å². The number of carbonyl (C=O) groups excluding carboxylic acids is 2. The zero-order chi connectivity index (χ0) is 18.9. The van der Waals surface area contributed by atoms with E-state index in [0.29, 0.717) is 24.5 Å². The Bertz CT molecular complexity index is 692. The number of likely N-dealkylation sites (tertiary alicyclic amines) is 3. The molecule has 6 heteroatoms. The molecule has 3 fully saturated rings. The van der Waals surface area contributed by atoms with E-state index in [9.17, 15) is 9.59 Å². The van der Waals surface area contributed by atoms with Gasteiger partial charge >= 0.3 is 0 Å². The summed E-state index contributed by atoms with van der Waals surface area (Å²) in [5.41, 5.74) is 1.16. The molecule has 2 amide bonds. The second kappa shape index (κ2) is 7.80. The molecule has 1 aromatic rings. The molecule has 3 heterocycles. The van der Waals surface area contributed by atoms with Gasteiger partial charge in [0.15, 0.2) is 0 Å². The normalized spacial score (nSPS) is 22.8. The molecule has 1 spiro atoms. The quantitative estimate of drug-likeness (QED) is 0.795. The molecule has 0 N–H and O–H groups in total. The molecule has 3 aliphatic heterocycles. The van der Waals surface area contributed by atoms with E-state index in [1.807, 2.05) is 34.1 Å². The van der Waals surface area contributed by atoms with Crippen molar-refractivity contribution in [2.24, 2.45) is 5.41 Å². The molecule has 0 radical (unpaired) electrons. The Balaban J connectivity index is 1.30. The average molecular weight is 390 g/mol. The molecule has 5 nitrogen and oxygen atoms in total. The van der Waals surface area contributed by atoms with Crippen LogP contribution in [0.15, 0.2) is 24.3 Å². The molecule has 4 rings (SSSR count). The Kier molecular flexibility index (Phi) is 5.42. The summed E-state index contributed by atoms with van der Waals surface area (Å²) in [7, 11) is 0. The molecule has 3 aliphatic rings. The van der Waals surface area contributed by atoms with Gasteiger partial charge in [-0.05, 0) is 56.5 Å². The number of carbonyl (C=O) groups is 2. The molecule has 0 bridgehead atoms. The maximum absolute atomic E-state index is 12.6. The fourth-order valence-electron chi connectivity index (χ4n) is 4.73. The molecular formula is C21H28ClN3O2. The lowest BCUT2D eigenvalue weighted by Gasteiger charge is -2.39. The molecule has 1 aromatic carbocycles. The van der Waals surface area contributed by atoms with Crippen molar-refractivity contribution in [2.75, 3.05) is 39.3 Å². The van der Waals surface area contributed by atoms with E-state index in [0.717, 1.165) is 51.1 Å². The molecule has 3 saturated heterocycles. The molecule has 0 aromatic heterocycles. The summed E-state index contributed by atoms with van der Waals surface area (Å²) < 4.78 is 0. The minimum atomic E-state index is 0.0495. The zero-order valence-corrected chi connectivity index (χ0v) is 16.6. The highest BCUT2D eigenvalue weighted by Crippen LogP contribution is 2.41. The largest absolute Gasteiger partial charge is 0.342 e. The predicted molar refractivity (Wildman–Crippen MR) is 105 cm³/mol. The van der Waals surface area contributed by atoms with Crippen molar-refractivity contribution in [1.82, 2.24) is 14.7 Å². The van der Waals surface area contributed by atoms with Crippen molar-refractivity contribution in [3.05, 3.63) is 34.9 Å². The molecule has 0 atom stereocenters. The van der Waals surface area contributed by atoms with E-state index < -0.39 is 0 Å². The third kappa shape index (κ3) is 4.30. The summed E-state index contributed by atoms with van der Waals surface area (Å²) in [5.74, 6) is 0.496. The van der Waals surface area contributed by atoms with Gasteiger partial charge in [0.05, 0.1) is 6.54 Å². The van der Waals surface area contributed by atoms with E-state index in [-0.39, 0.29) is 17.2 Å². The van der Waals surface area contributed by atoms with Gasteiger partial charge in [-0.15, -0.1) is 0 Å². The van der Waals surface area contributed by atoms with Crippen LogP contribution in [-0.2, 0) is 16.1 Å². The van der Waals surface area contributed by atoms with Gasteiger partial charge in [0.1, 0.15) is 0 Å². The second-order valence-corrected chi connectivity index (χ2v) is 8.85. The number of nitrogens with zero attached hydrogens (tertiary/aromatic N) is 3. The topological polar surface area (TPSA) is 43.9 Å². The van der Waals surface area contributed by atoms with Crippen LogP contribution in [0.3, 0.4) is 0 Å². The van der Waals surface area contributed by atoms with Crippen molar-refractivity contribution in [2.45, 2.75) is 38.6 Å². The van der Waals surface area contributed by atoms with Crippen LogP contribution < -0.4 is 0 Å². The SMILES string of the molecule is O=C(CN1CCCC1)N1CCC2(CC1)CC(=O)N(Cc1ccc(Cl)cc1)C2. The fraction of sp³-hybridized carbons (Fsp3) is 0.619. The van der Waals surface area contributed by atoms with E-state index in [2.05, 4.69) is 4.90 Å². The Morgan fingerprint density at radius 3 is 2.37 bits per heavy atom. The number of benzene rings is 1. The molecule has 0 unspecified atom stereocenters. The van der Waals surface area contributed by atoms with Gasteiger partial charge in [-0.3, -0.25) is 14.5 Å². The number of piperidine rings is 1. The third-order valence-electron chi connectivity index (χ3n) is 6.43. The van der Waals surface area contributed by atoms with E-state index in [1.54, 1.807) is 0 Å². The first-order chi connectivity index (χ1) is 13.0. The van der Waals surface area contributed by atoms with Gasteiger partial charge < -0.3 is 9.80 Å². The number of hydrogen-bond donors (Lipinski definition) is 0. The van der Waals surface area contributed by atoms with Crippen molar-refractivity contribution in [3.8, 4) is 0 Å². The first kappa shape index (κ1) is 18.8. The number of amides is 2. The lowest BCUT2D eigenvalue weighted by Crippen LogP contribution is -2.47. The molecule has 146 valence electrons. The first-order valence-electron chi connectivity index (χ1n) is 10.1. The van der Waals surface area contributed by atoms with E-state index in [1.165, 1.54) is 12.8 Å². The predicted octanol–water partition coefficient (Wildman–Crippen LogP) is 2.78. The highest BCUT2D eigenvalue weighted by molar-refractivity contribution is 6.30. The first-order valence-corrected chi connectivity index (χ1v) is 10.4. The molecule has 27 heavy (non-hydrogen) atoms. The summed E-state index contributed by atoms with van der Waals surface area (Å²) in [6.07, 6.45) is 4.90. The lowest BCUT2D eigenvalue weighted by molar-refractivity contribution is -0.134. The van der Waals surface area contributed by atoms with Crippen molar-refractivity contribution in [1.29, 1.82) is 0 Å². The van der Waals surface area contributed by atoms with Crippen LogP contribution in [0.1, 0.15) is 37.7 Å². The smallest absolute Gasteiger partial charge is 0.236 e. The highest BCUT2D eigenvalue weighted by atomic mass is 35.5. The van der Waals surface area contributed by atoms with Gasteiger partial charge in [-0.2, -0.15) is 0 Å². The van der Waals surface area contributed by atoms with Crippen molar-refractivity contribution >= 4 is 23.4 Å². The maximum atomic E-state index is 12.6. The maximum Gasteiger partial charge on any atom is 0.236 e. The van der Waals surface area contributed by atoms with Crippen molar-refractivity contribution in [3.63, 3.8) is 0 Å². The van der Waals surface area contributed by atoms with Crippen LogP contribution >= 0.6 is 11.6 Å². The van der Waals surface area contributed by atoms with Crippen LogP contribution in [0, 0.1) is 5.41 Å². The van der Waals surface area contributed by atoms with E-state index >= 15 is 0 Å². The Morgan fingerprint density at radius 2 is 1.70 bits per heavy atom.